The van der Waals surface area contributed by atoms with Crippen molar-refractivity contribution < 1.29 is 4.74 Å². The van der Waals surface area contributed by atoms with Crippen LogP contribution >= 0.6 is 0 Å². The third-order valence-corrected chi connectivity index (χ3v) is 5.02. The highest BCUT2D eigenvalue weighted by Gasteiger charge is 2.33. The lowest BCUT2D eigenvalue weighted by Crippen LogP contribution is -2.39. The fourth-order valence-electron chi connectivity index (χ4n) is 3.82. The van der Waals surface area contributed by atoms with Gasteiger partial charge in [0.2, 0.25) is 0 Å². The van der Waals surface area contributed by atoms with Gasteiger partial charge in [-0.15, -0.1) is 0 Å². The molecule has 2 fully saturated rings. The minimum absolute atomic E-state index is 0.335. The van der Waals surface area contributed by atoms with Crippen LogP contribution in [0.15, 0.2) is 12.3 Å². The lowest BCUT2D eigenvalue weighted by Gasteiger charge is -2.36. The van der Waals surface area contributed by atoms with E-state index in [2.05, 4.69) is 22.3 Å². The summed E-state index contributed by atoms with van der Waals surface area (Å²) >= 11 is 0. The maximum atomic E-state index is 5.54. The van der Waals surface area contributed by atoms with E-state index in [1.54, 1.807) is 0 Å². The van der Waals surface area contributed by atoms with Crippen LogP contribution < -0.4 is 5.32 Å². The Balaban J connectivity index is 1.68. The van der Waals surface area contributed by atoms with Gasteiger partial charge in [0.25, 0.3) is 0 Å². The average molecular weight is 277 g/mol. The Morgan fingerprint density at radius 1 is 1.35 bits per heavy atom. The van der Waals surface area contributed by atoms with E-state index in [-0.39, 0.29) is 0 Å². The molecule has 1 N–H and O–H groups in total. The van der Waals surface area contributed by atoms with Gasteiger partial charge in [-0.05, 0) is 50.6 Å². The summed E-state index contributed by atoms with van der Waals surface area (Å²) in [6, 6.07) is 2.88. The summed E-state index contributed by atoms with van der Waals surface area (Å²) in [6.45, 7) is 2.85. The first kappa shape index (κ1) is 14.1. The number of aromatic nitrogens is 2. The lowest BCUT2D eigenvalue weighted by atomic mass is 9.76. The first-order chi connectivity index (χ1) is 9.81. The van der Waals surface area contributed by atoms with Crippen molar-refractivity contribution in [1.82, 2.24) is 15.1 Å². The first-order valence-corrected chi connectivity index (χ1v) is 8.08. The predicted molar refractivity (Wildman–Crippen MR) is 79.8 cm³/mol. The van der Waals surface area contributed by atoms with Gasteiger partial charge >= 0.3 is 0 Å². The zero-order valence-electron chi connectivity index (χ0n) is 12.6. The zero-order chi connectivity index (χ0) is 13.8. The van der Waals surface area contributed by atoms with Gasteiger partial charge in [-0.25, -0.2) is 0 Å². The van der Waals surface area contributed by atoms with Crippen molar-refractivity contribution in [2.24, 2.45) is 5.41 Å². The maximum absolute atomic E-state index is 5.54. The second kappa shape index (κ2) is 6.27. The van der Waals surface area contributed by atoms with Crippen molar-refractivity contribution in [3.05, 3.63) is 18.0 Å². The van der Waals surface area contributed by atoms with E-state index in [1.165, 1.54) is 31.4 Å². The molecule has 20 heavy (non-hydrogen) atoms. The fourth-order valence-corrected chi connectivity index (χ4v) is 3.82. The average Bonchev–Trinajstić information content (AvgIpc) is 3.10. The van der Waals surface area contributed by atoms with Crippen LogP contribution in [0, 0.1) is 5.41 Å². The standard InChI is InChI=1S/C16H27N3O/c1-17-13-16(7-10-20-11-8-16)12-14-6-9-19(18-14)15-4-2-3-5-15/h6,9,15,17H,2-5,7-8,10-13H2,1H3. The number of nitrogens with one attached hydrogen (secondary N) is 1. The van der Waals surface area contributed by atoms with Crippen LogP contribution in [0.25, 0.3) is 0 Å². The molecule has 0 radical (unpaired) electrons. The molecule has 3 rings (SSSR count). The number of hydrogen-bond donors (Lipinski definition) is 1. The van der Waals surface area contributed by atoms with Crippen molar-refractivity contribution in [3.8, 4) is 0 Å². The van der Waals surface area contributed by atoms with Crippen molar-refractivity contribution in [1.29, 1.82) is 0 Å². The molecule has 1 saturated carbocycles. The molecule has 1 aromatic rings. The quantitative estimate of drug-likeness (QED) is 0.899. The van der Waals surface area contributed by atoms with Gasteiger partial charge in [0.1, 0.15) is 0 Å². The van der Waals surface area contributed by atoms with Crippen LogP contribution in [0.1, 0.15) is 50.3 Å². The van der Waals surface area contributed by atoms with Gasteiger partial charge in [-0.2, -0.15) is 5.10 Å². The molecule has 0 unspecified atom stereocenters. The van der Waals surface area contributed by atoms with Crippen LogP contribution in [0.4, 0.5) is 0 Å². The molecule has 4 heteroatoms. The molecule has 4 nitrogen and oxygen atoms in total. The van der Waals surface area contributed by atoms with Crippen LogP contribution in [0.3, 0.4) is 0 Å². The smallest absolute Gasteiger partial charge is 0.0630 e. The van der Waals surface area contributed by atoms with E-state index in [4.69, 9.17) is 9.84 Å². The Bertz CT molecular complexity index is 412. The number of nitrogens with zero attached hydrogens (tertiary/aromatic N) is 2. The third-order valence-electron chi connectivity index (χ3n) is 5.02. The van der Waals surface area contributed by atoms with Crippen molar-refractivity contribution in [2.75, 3.05) is 26.8 Å². The van der Waals surface area contributed by atoms with Crippen molar-refractivity contribution >= 4 is 0 Å². The summed E-state index contributed by atoms with van der Waals surface area (Å²) in [6.07, 6.45) is 10.9. The molecule has 0 spiro atoms. The van der Waals surface area contributed by atoms with Gasteiger partial charge < -0.3 is 10.1 Å². The van der Waals surface area contributed by atoms with E-state index in [0.717, 1.165) is 39.0 Å². The molecule has 1 aliphatic carbocycles. The molecular weight excluding hydrogens is 250 g/mol. The van der Waals surface area contributed by atoms with Gasteiger partial charge in [0, 0.05) is 26.0 Å². The Kier molecular flexibility index (Phi) is 4.41. The van der Waals surface area contributed by atoms with Gasteiger partial charge in [-0.1, -0.05) is 12.8 Å². The topological polar surface area (TPSA) is 39.1 Å². The predicted octanol–water partition coefficient (Wildman–Crippen LogP) is 2.56. The molecule has 2 heterocycles. The molecule has 0 bridgehead atoms. The highest BCUT2D eigenvalue weighted by molar-refractivity contribution is 5.05. The molecule has 1 aromatic heterocycles. The van der Waals surface area contributed by atoms with E-state index < -0.39 is 0 Å². The minimum Gasteiger partial charge on any atom is -0.381 e. The molecule has 112 valence electrons. The summed E-state index contributed by atoms with van der Waals surface area (Å²) < 4.78 is 7.76. The van der Waals surface area contributed by atoms with E-state index >= 15 is 0 Å². The summed E-state index contributed by atoms with van der Waals surface area (Å²) in [5, 5.41) is 8.23. The second-order valence-corrected chi connectivity index (χ2v) is 6.54. The van der Waals surface area contributed by atoms with Crippen molar-refractivity contribution in [2.45, 2.75) is 51.0 Å². The van der Waals surface area contributed by atoms with Gasteiger partial charge in [0.05, 0.1) is 11.7 Å². The lowest BCUT2D eigenvalue weighted by molar-refractivity contribution is 0.0153. The first-order valence-electron chi connectivity index (χ1n) is 8.08. The number of hydrogen-bond acceptors (Lipinski definition) is 3. The molecule has 0 atom stereocenters. The van der Waals surface area contributed by atoms with Crippen molar-refractivity contribution in [3.63, 3.8) is 0 Å². The van der Waals surface area contributed by atoms with Crippen LogP contribution in [0.2, 0.25) is 0 Å². The van der Waals surface area contributed by atoms with E-state index in [1.807, 2.05) is 7.05 Å². The molecule has 0 aromatic carbocycles. The maximum Gasteiger partial charge on any atom is 0.0630 e. The molecule has 1 aliphatic heterocycles. The Morgan fingerprint density at radius 2 is 2.10 bits per heavy atom. The minimum atomic E-state index is 0.335. The highest BCUT2D eigenvalue weighted by Crippen LogP contribution is 2.34. The normalized spacial score (nSPS) is 23.2. The third kappa shape index (κ3) is 3.07. The largest absolute Gasteiger partial charge is 0.381 e. The summed E-state index contributed by atoms with van der Waals surface area (Å²) in [5.74, 6) is 0. The number of rotatable bonds is 5. The fraction of sp³-hybridized carbons (Fsp3) is 0.812. The Labute approximate surface area is 121 Å². The summed E-state index contributed by atoms with van der Waals surface area (Å²) in [7, 11) is 2.05. The van der Waals surface area contributed by atoms with Gasteiger partial charge in [-0.3, -0.25) is 4.68 Å². The number of ether oxygens (including phenoxy) is 1. The second-order valence-electron chi connectivity index (χ2n) is 6.54. The van der Waals surface area contributed by atoms with E-state index in [0.29, 0.717) is 11.5 Å². The van der Waals surface area contributed by atoms with E-state index in [9.17, 15) is 0 Å². The molecule has 2 aliphatic rings. The van der Waals surface area contributed by atoms with Crippen LogP contribution in [-0.4, -0.2) is 36.6 Å². The molecular formula is C16H27N3O. The SMILES string of the molecule is CNCC1(Cc2ccn(C3CCCC3)n2)CCOCC1. The Hall–Kier alpha value is -0.870. The molecule has 0 amide bonds. The monoisotopic (exact) mass is 277 g/mol. The zero-order valence-corrected chi connectivity index (χ0v) is 12.6. The Morgan fingerprint density at radius 3 is 2.80 bits per heavy atom. The highest BCUT2D eigenvalue weighted by atomic mass is 16.5. The van der Waals surface area contributed by atoms with Gasteiger partial charge in [0.15, 0.2) is 0 Å². The van der Waals surface area contributed by atoms with Crippen LogP contribution in [-0.2, 0) is 11.2 Å². The molecule has 1 saturated heterocycles. The summed E-state index contributed by atoms with van der Waals surface area (Å²) in [4.78, 5) is 0. The summed E-state index contributed by atoms with van der Waals surface area (Å²) in [5.41, 5.74) is 1.59. The van der Waals surface area contributed by atoms with Crippen LogP contribution in [0.5, 0.6) is 0 Å².